The van der Waals surface area contributed by atoms with Crippen molar-refractivity contribution in [2.75, 3.05) is 0 Å². The molecule has 0 aromatic rings. The lowest BCUT2D eigenvalue weighted by Crippen LogP contribution is -2.22. The first-order valence-corrected chi connectivity index (χ1v) is 3.75. The Morgan fingerprint density at radius 3 is 2.67 bits per heavy atom. The quantitative estimate of drug-likeness (QED) is 0.571. The second kappa shape index (κ2) is 2.53. The topological polar surface area (TPSA) is 26.0 Å². The molecule has 1 rings (SSSR count). The van der Waals surface area contributed by atoms with E-state index in [9.17, 15) is 0 Å². The molecule has 2 atom stereocenters. The second-order valence-corrected chi connectivity index (χ2v) is 2.69. The maximum absolute atomic E-state index is 5.79. The van der Waals surface area contributed by atoms with Crippen molar-refractivity contribution in [3.63, 3.8) is 0 Å². The van der Waals surface area contributed by atoms with E-state index in [1.54, 1.807) is 5.57 Å². The molecule has 1 aliphatic carbocycles. The van der Waals surface area contributed by atoms with Gasteiger partial charge in [-0.15, -0.1) is 0 Å². The predicted molar refractivity (Wildman–Crippen MR) is 40.1 cm³/mol. The largest absolute Gasteiger partial charge is 0.327 e. The van der Waals surface area contributed by atoms with Crippen LogP contribution in [0.5, 0.6) is 0 Å². The summed E-state index contributed by atoms with van der Waals surface area (Å²) in [5, 5.41) is 0. The van der Waals surface area contributed by atoms with Crippen LogP contribution in [0, 0.1) is 5.92 Å². The first-order chi connectivity index (χ1) is 4.29. The van der Waals surface area contributed by atoms with Crippen LogP contribution in [0.3, 0.4) is 0 Å². The van der Waals surface area contributed by atoms with E-state index in [-0.39, 0.29) is 0 Å². The highest BCUT2D eigenvalue weighted by atomic mass is 14.7. The summed E-state index contributed by atoms with van der Waals surface area (Å²) >= 11 is 0. The zero-order valence-corrected chi connectivity index (χ0v) is 6.22. The van der Waals surface area contributed by atoms with Crippen molar-refractivity contribution in [3.8, 4) is 0 Å². The van der Waals surface area contributed by atoms with E-state index in [0.29, 0.717) is 12.0 Å². The molecule has 9 heavy (non-hydrogen) atoms. The van der Waals surface area contributed by atoms with Crippen LogP contribution in [0.15, 0.2) is 11.6 Å². The van der Waals surface area contributed by atoms with Crippen LogP contribution in [0.1, 0.15) is 26.7 Å². The highest BCUT2D eigenvalue weighted by Crippen LogP contribution is 2.34. The average Bonchev–Trinajstić information content (AvgIpc) is 2.64. The molecule has 1 aliphatic rings. The molecule has 0 aliphatic heterocycles. The Labute approximate surface area is 56.9 Å². The van der Waals surface area contributed by atoms with Gasteiger partial charge >= 0.3 is 0 Å². The fourth-order valence-corrected chi connectivity index (χ4v) is 1.19. The molecule has 1 nitrogen and oxygen atoms in total. The van der Waals surface area contributed by atoms with Crippen LogP contribution in [0.4, 0.5) is 0 Å². The van der Waals surface area contributed by atoms with Gasteiger partial charge in [0.1, 0.15) is 0 Å². The van der Waals surface area contributed by atoms with Gasteiger partial charge in [0.25, 0.3) is 0 Å². The van der Waals surface area contributed by atoms with Crippen LogP contribution in [0.2, 0.25) is 0 Å². The Balaban J connectivity index is 2.21. The predicted octanol–water partition coefficient (Wildman–Crippen LogP) is 1.69. The Kier molecular flexibility index (Phi) is 1.91. The van der Waals surface area contributed by atoms with E-state index in [0.717, 1.165) is 6.42 Å². The van der Waals surface area contributed by atoms with Crippen LogP contribution in [-0.4, -0.2) is 6.04 Å². The Hall–Kier alpha value is -0.300. The summed E-state index contributed by atoms with van der Waals surface area (Å²) in [6.07, 6.45) is 4.58. The van der Waals surface area contributed by atoms with Crippen molar-refractivity contribution in [2.45, 2.75) is 32.7 Å². The van der Waals surface area contributed by atoms with Crippen molar-refractivity contribution in [2.24, 2.45) is 11.7 Å². The van der Waals surface area contributed by atoms with Gasteiger partial charge in [-0.05, 0) is 12.8 Å². The van der Waals surface area contributed by atoms with Crippen molar-refractivity contribution in [1.82, 2.24) is 0 Å². The summed E-state index contributed by atoms with van der Waals surface area (Å²) in [6, 6.07) is 0.403. The first kappa shape index (κ1) is 6.81. The molecule has 0 heterocycles. The third kappa shape index (κ3) is 1.33. The van der Waals surface area contributed by atoms with Gasteiger partial charge in [0.15, 0.2) is 0 Å². The summed E-state index contributed by atoms with van der Waals surface area (Å²) in [5.74, 6) is 0.667. The molecule has 52 valence electrons. The van der Waals surface area contributed by atoms with Gasteiger partial charge in [-0.25, -0.2) is 0 Å². The van der Waals surface area contributed by atoms with Gasteiger partial charge in [-0.1, -0.05) is 25.5 Å². The SMILES string of the molecule is CCC1=CC1[C@H](N)CC. The fourth-order valence-electron chi connectivity index (χ4n) is 1.19. The minimum atomic E-state index is 0.403. The number of hydrogen-bond acceptors (Lipinski definition) is 1. The van der Waals surface area contributed by atoms with Gasteiger partial charge in [-0.3, -0.25) is 0 Å². The third-order valence-corrected chi connectivity index (χ3v) is 2.05. The normalized spacial score (nSPS) is 27.4. The lowest BCUT2D eigenvalue weighted by Gasteiger charge is -2.06. The summed E-state index contributed by atoms with van der Waals surface area (Å²) in [4.78, 5) is 0. The molecular weight excluding hydrogens is 110 g/mol. The highest BCUT2D eigenvalue weighted by molar-refractivity contribution is 5.31. The van der Waals surface area contributed by atoms with E-state index in [4.69, 9.17) is 5.73 Å². The maximum atomic E-state index is 5.79. The Bertz CT molecular complexity index is 127. The first-order valence-electron chi connectivity index (χ1n) is 3.75. The Morgan fingerprint density at radius 1 is 1.67 bits per heavy atom. The molecule has 0 saturated heterocycles. The van der Waals surface area contributed by atoms with Gasteiger partial charge in [0, 0.05) is 12.0 Å². The van der Waals surface area contributed by atoms with E-state index >= 15 is 0 Å². The molecule has 0 amide bonds. The standard InChI is InChI=1S/C8H15N/c1-3-6-5-7(6)8(9)4-2/h5,7-8H,3-4,9H2,1-2H3/t7?,8-/m1/s1. The minimum absolute atomic E-state index is 0.403. The van der Waals surface area contributed by atoms with E-state index < -0.39 is 0 Å². The molecule has 1 heteroatoms. The maximum Gasteiger partial charge on any atom is 0.0137 e. The second-order valence-electron chi connectivity index (χ2n) is 2.69. The van der Waals surface area contributed by atoms with Crippen LogP contribution < -0.4 is 5.73 Å². The zero-order chi connectivity index (χ0) is 6.85. The monoisotopic (exact) mass is 125 g/mol. The lowest BCUT2D eigenvalue weighted by atomic mass is 10.1. The lowest BCUT2D eigenvalue weighted by molar-refractivity contribution is 0.592. The number of rotatable bonds is 3. The smallest absolute Gasteiger partial charge is 0.0137 e. The van der Waals surface area contributed by atoms with Crippen molar-refractivity contribution < 1.29 is 0 Å². The highest BCUT2D eigenvalue weighted by Gasteiger charge is 2.27. The van der Waals surface area contributed by atoms with Crippen LogP contribution in [-0.2, 0) is 0 Å². The molecule has 0 spiro atoms. The molecule has 0 fully saturated rings. The van der Waals surface area contributed by atoms with Crippen molar-refractivity contribution in [1.29, 1.82) is 0 Å². The molecule has 0 radical (unpaired) electrons. The summed E-state index contributed by atoms with van der Waals surface area (Å²) < 4.78 is 0. The van der Waals surface area contributed by atoms with Gasteiger partial charge < -0.3 is 5.73 Å². The molecular formula is C8H15N. The summed E-state index contributed by atoms with van der Waals surface area (Å²) in [6.45, 7) is 4.33. The summed E-state index contributed by atoms with van der Waals surface area (Å²) in [5.41, 5.74) is 7.35. The average molecular weight is 125 g/mol. The van der Waals surface area contributed by atoms with Crippen molar-refractivity contribution >= 4 is 0 Å². The van der Waals surface area contributed by atoms with Gasteiger partial charge in [0.05, 0.1) is 0 Å². The van der Waals surface area contributed by atoms with E-state index in [1.807, 2.05) is 0 Å². The molecule has 1 unspecified atom stereocenters. The number of hydrogen-bond donors (Lipinski definition) is 1. The van der Waals surface area contributed by atoms with E-state index in [2.05, 4.69) is 19.9 Å². The zero-order valence-electron chi connectivity index (χ0n) is 6.22. The number of nitrogens with two attached hydrogens (primary N) is 1. The molecule has 0 aromatic heterocycles. The summed E-state index contributed by atoms with van der Waals surface area (Å²) in [7, 11) is 0. The minimum Gasteiger partial charge on any atom is -0.327 e. The molecule has 0 bridgehead atoms. The van der Waals surface area contributed by atoms with Crippen LogP contribution in [0.25, 0.3) is 0 Å². The Morgan fingerprint density at radius 2 is 2.33 bits per heavy atom. The van der Waals surface area contributed by atoms with Gasteiger partial charge in [0.2, 0.25) is 0 Å². The van der Waals surface area contributed by atoms with Crippen molar-refractivity contribution in [3.05, 3.63) is 11.6 Å². The fraction of sp³-hybridized carbons (Fsp3) is 0.750. The van der Waals surface area contributed by atoms with Crippen LogP contribution >= 0.6 is 0 Å². The molecule has 0 aromatic carbocycles. The molecule has 0 saturated carbocycles. The molecule has 2 N–H and O–H groups in total. The van der Waals surface area contributed by atoms with Gasteiger partial charge in [-0.2, -0.15) is 0 Å². The third-order valence-electron chi connectivity index (χ3n) is 2.05. The van der Waals surface area contributed by atoms with E-state index in [1.165, 1.54) is 6.42 Å².